The summed E-state index contributed by atoms with van der Waals surface area (Å²) >= 11 is 0. The summed E-state index contributed by atoms with van der Waals surface area (Å²) in [6.45, 7) is 4.69. The van der Waals surface area contributed by atoms with Crippen LogP contribution in [0.15, 0.2) is 0 Å². The zero-order chi connectivity index (χ0) is 33.3. The van der Waals surface area contributed by atoms with Crippen molar-refractivity contribution in [1.29, 1.82) is 0 Å². The van der Waals surface area contributed by atoms with Crippen molar-refractivity contribution in [2.75, 3.05) is 33.2 Å². The predicted octanol–water partition coefficient (Wildman–Crippen LogP) is 8.52. The molecule has 0 bridgehead atoms. The van der Waals surface area contributed by atoms with E-state index < -0.39 is 26.5 Å². The molecule has 0 aromatic rings. The van der Waals surface area contributed by atoms with Gasteiger partial charge in [0.05, 0.1) is 13.2 Å². The minimum atomic E-state index is -4.68. The number of carbonyl (C=O) groups is 2. The van der Waals surface area contributed by atoms with Gasteiger partial charge in [0, 0.05) is 26.5 Å². The zero-order valence-electron chi connectivity index (χ0n) is 28.8. The molecule has 10 nitrogen and oxygen atoms in total. The van der Waals surface area contributed by atoms with Crippen LogP contribution in [0.3, 0.4) is 0 Å². The molecular weight excluding hydrogens is 597 g/mol. The summed E-state index contributed by atoms with van der Waals surface area (Å²) in [7, 11) is -4.68. The molecule has 0 rings (SSSR count). The molecule has 3 N–H and O–H groups in total. The third kappa shape index (κ3) is 37.3. The van der Waals surface area contributed by atoms with E-state index in [0.29, 0.717) is 6.61 Å². The van der Waals surface area contributed by atoms with Crippen LogP contribution in [0.4, 0.5) is 0 Å². The first-order chi connectivity index (χ1) is 21.7. The van der Waals surface area contributed by atoms with Gasteiger partial charge in [0.15, 0.2) is 0 Å². The van der Waals surface area contributed by atoms with Gasteiger partial charge in [-0.2, -0.15) is 0 Å². The van der Waals surface area contributed by atoms with Crippen LogP contribution in [-0.2, 0) is 32.9 Å². The van der Waals surface area contributed by atoms with E-state index in [2.05, 4.69) is 16.8 Å². The van der Waals surface area contributed by atoms with E-state index in [-0.39, 0.29) is 25.7 Å². The van der Waals surface area contributed by atoms with Crippen LogP contribution < -0.4 is 5.32 Å². The van der Waals surface area contributed by atoms with E-state index in [1.165, 1.54) is 109 Å². The van der Waals surface area contributed by atoms with Crippen molar-refractivity contribution >= 4 is 19.7 Å². The second-order valence-corrected chi connectivity index (χ2v) is 13.5. The normalized spacial score (nSPS) is 12.4. The summed E-state index contributed by atoms with van der Waals surface area (Å²) in [5.74, 6) is -0.359. The third-order valence-corrected chi connectivity index (χ3v) is 8.26. The van der Waals surface area contributed by atoms with Crippen LogP contribution in [0, 0.1) is 0 Å². The average Bonchev–Trinajstić information content (AvgIpc) is 2.99. The molecule has 0 aromatic carbocycles. The van der Waals surface area contributed by atoms with Crippen molar-refractivity contribution in [1.82, 2.24) is 5.32 Å². The number of hydrogen-bond acceptors (Lipinski definition) is 7. The molecule has 0 aliphatic heterocycles. The highest BCUT2D eigenvalue weighted by molar-refractivity contribution is 7.46. The van der Waals surface area contributed by atoms with Crippen molar-refractivity contribution < 1.29 is 42.7 Å². The second kappa shape index (κ2) is 32.9. The summed E-state index contributed by atoms with van der Waals surface area (Å²) in [4.78, 5) is 41.2. The summed E-state index contributed by atoms with van der Waals surface area (Å²) in [5.41, 5.74) is 0. The Bertz CT molecular complexity index is 720. The molecule has 0 aromatic heterocycles. The zero-order valence-corrected chi connectivity index (χ0v) is 29.7. The Morgan fingerprint density at radius 1 is 0.644 bits per heavy atom. The van der Waals surface area contributed by atoms with Gasteiger partial charge in [-0.3, -0.25) is 14.1 Å². The van der Waals surface area contributed by atoms with E-state index in [0.717, 1.165) is 45.1 Å². The monoisotopic (exact) mass is 665 g/mol. The number of nitrogens with one attached hydrogen (secondary N) is 1. The maximum atomic E-state index is 12.3. The van der Waals surface area contributed by atoms with E-state index in [1.807, 2.05) is 0 Å². The smallest absolute Gasteiger partial charge is 0.457 e. The summed E-state index contributed by atoms with van der Waals surface area (Å²) in [6, 6.07) is 0. The Balaban J connectivity index is 3.75. The number of hydrogen-bond donors (Lipinski definition) is 3. The number of amides is 1. The second-order valence-electron chi connectivity index (χ2n) is 12.3. The minimum Gasteiger partial charge on any atom is -0.457 e. The number of rotatable bonds is 35. The van der Waals surface area contributed by atoms with E-state index in [1.54, 1.807) is 6.92 Å². The number of unbranched alkanes of at least 4 members (excludes halogenated alkanes) is 21. The number of esters is 1. The third-order valence-electron chi connectivity index (χ3n) is 7.77. The molecule has 0 heterocycles. The Morgan fingerprint density at radius 3 is 1.60 bits per heavy atom. The largest absolute Gasteiger partial charge is 0.469 e. The predicted molar refractivity (Wildman–Crippen MR) is 180 cm³/mol. The molecule has 11 heteroatoms. The molecule has 1 amide bonds. The number of phosphoric acid groups is 1. The van der Waals surface area contributed by atoms with Crippen LogP contribution in [0.5, 0.6) is 0 Å². The molecular formula is C34H68NO9P. The van der Waals surface area contributed by atoms with E-state index in [9.17, 15) is 14.2 Å². The summed E-state index contributed by atoms with van der Waals surface area (Å²) < 4.78 is 32.0. The molecule has 268 valence electrons. The molecule has 1 atom stereocenters. The topological polar surface area (TPSA) is 141 Å². The quantitative estimate of drug-likeness (QED) is 0.0263. The van der Waals surface area contributed by atoms with Gasteiger partial charge in [-0.15, -0.1) is 0 Å². The number of ether oxygens (including phenoxy) is 3. The van der Waals surface area contributed by atoms with E-state index >= 15 is 0 Å². The molecule has 45 heavy (non-hydrogen) atoms. The minimum absolute atomic E-state index is 0.0236. The molecule has 0 aliphatic rings. The molecule has 0 radical (unpaired) electrons. The SMILES string of the molecule is CCCCCCCCCCCCCC(=O)O[C@@H](COCOCCCCCCCCCCCCCCNC(C)=O)COP(=O)(O)O. The molecule has 0 unspecified atom stereocenters. The van der Waals surface area contributed by atoms with Crippen molar-refractivity contribution in [2.45, 2.75) is 174 Å². The fourth-order valence-corrected chi connectivity index (χ4v) is 5.49. The van der Waals surface area contributed by atoms with Gasteiger partial charge in [0.1, 0.15) is 12.9 Å². The molecule has 0 saturated heterocycles. The lowest BCUT2D eigenvalue weighted by Crippen LogP contribution is -2.28. The first-order valence-corrected chi connectivity index (χ1v) is 19.6. The van der Waals surface area contributed by atoms with Gasteiger partial charge >= 0.3 is 13.8 Å². The van der Waals surface area contributed by atoms with E-state index in [4.69, 9.17) is 24.0 Å². The maximum absolute atomic E-state index is 12.3. The summed E-state index contributed by atoms with van der Waals surface area (Å²) in [6.07, 6.45) is 26.8. The Hall–Kier alpha value is -1.03. The van der Waals surface area contributed by atoms with Crippen molar-refractivity contribution in [3.8, 4) is 0 Å². The first kappa shape index (κ1) is 44.0. The highest BCUT2D eigenvalue weighted by Gasteiger charge is 2.21. The lowest BCUT2D eigenvalue weighted by molar-refractivity contribution is -0.158. The first-order valence-electron chi connectivity index (χ1n) is 18.0. The van der Waals surface area contributed by atoms with Crippen LogP contribution in [0.2, 0.25) is 0 Å². The molecule has 0 spiro atoms. The fourth-order valence-electron chi connectivity index (χ4n) is 5.13. The Kier molecular flexibility index (Phi) is 32.1. The number of phosphoric ester groups is 1. The van der Waals surface area contributed by atoms with Gasteiger partial charge < -0.3 is 29.3 Å². The van der Waals surface area contributed by atoms with Crippen molar-refractivity contribution in [3.63, 3.8) is 0 Å². The lowest BCUT2D eigenvalue weighted by atomic mass is 10.1. The molecule has 0 fully saturated rings. The van der Waals surface area contributed by atoms with Crippen LogP contribution in [0.25, 0.3) is 0 Å². The highest BCUT2D eigenvalue weighted by Crippen LogP contribution is 2.35. The van der Waals surface area contributed by atoms with Gasteiger partial charge in [-0.25, -0.2) is 4.57 Å². The molecule has 0 saturated carbocycles. The van der Waals surface area contributed by atoms with Gasteiger partial charge in [0.25, 0.3) is 0 Å². The number of carbonyl (C=O) groups excluding carboxylic acids is 2. The molecule has 0 aliphatic carbocycles. The van der Waals surface area contributed by atoms with Gasteiger partial charge in [-0.1, -0.05) is 135 Å². The van der Waals surface area contributed by atoms with Crippen LogP contribution in [-0.4, -0.2) is 60.9 Å². The van der Waals surface area contributed by atoms with Crippen molar-refractivity contribution in [3.05, 3.63) is 0 Å². The van der Waals surface area contributed by atoms with Gasteiger partial charge in [-0.05, 0) is 19.3 Å². The maximum Gasteiger partial charge on any atom is 0.469 e. The van der Waals surface area contributed by atoms with Gasteiger partial charge in [0.2, 0.25) is 5.91 Å². The Labute approximate surface area is 274 Å². The summed E-state index contributed by atoms with van der Waals surface area (Å²) in [5, 5.41) is 2.84. The van der Waals surface area contributed by atoms with Crippen LogP contribution in [0.1, 0.15) is 168 Å². The average molecular weight is 666 g/mol. The van der Waals surface area contributed by atoms with Crippen molar-refractivity contribution in [2.24, 2.45) is 0 Å². The lowest BCUT2D eigenvalue weighted by Gasteiger charge is -2.18. The standard InChI is InChI=1S/C34H68NO9P/c1-3-4-5-6-7-8-11-14-17-20-23-26-34(37)44-33(30-43-45(38,39)40)29-42-31-41-28-25-22-19-16-13-10-9-12-15-18-21-24-27-35-32(2)36/h33H,3-31H2,1-2H3,(H,35,36)(H2,38,39,40)/t33-/m0/s1. The fraction of sp³-hybridized carbons (Fsp3) is 0.941. The highest BCUT2D eigenvalue weighted by atomic mass is 31.2. The Morgan fingerprint density at radius 2 is 1.11 bits per heavy atom. The van der Waals surface area contributed by atoms with Crippen LogP contribution >= 0.6 is 7.82 Å².